The number of hydrogen-bond acceptors (Lipinski definition) is 4. The maximum atomic E-state index is 10.6. The van der Waals surface area contributed by atoms with Crippen molar-refractivity contribution in [2.45, 2.75) is 26.1 Å². The van der Waals surface area contributed by atoms with Crippen LogP contribution >= 0.6 is 0 Å². The number of aryl methyl sites for hydroxylation is 2. The second kappa shape index (κ2) is 6.81. The number of methoxy groups -OCH3 is 2. The summed E-state index contributed by atoms with van der Waals surface area (Å²) in [6.07, 6.45) is -2.15. The van der Waals surface area contributed by atoms with E-state index in [9.17, 15) is 10.2 Å². The van der Waals surface area contributed by atoms with Crippen molar-refractivity contribution in [2.75, 3.05) is 14.2 Å². The first-order chi connectivity index (χ1) is 10.5. The summed E-state index contributed by atoms with van der Waals surface area (Å²) >= 11 is 0. The summed E-state index contributed by atoms with van der Waals surface area (Å²) in [5, 5.41) is 21.1. The van der Waals surface area contributed by atoms with Crippen LogP contribution in [0.3, 0.4) is 0 Å². The fourth-order valence-electron chi connectivity index (χ4n) is 2.50. The van der Waals surface area contributed by atoms with Gasteiger partial charge in [0.05, 0.1) is 14.2 Å². The molecule has 118 valence electrons. The SMILES string of the molecule is COc1cc(C)cc([C@@H](O)[C@H](O)c2cc(C)ccc2OC)c1. The maximum absolute atomic E-state index is 10.6. The fourth-order valence-corrected chi connectivity index (χ4v) is 2.50. The van der Waals surface area contributed by atoms with Crippen LogP contribution in [0.5, 0.6) is 11.5 Å². The molecule has 0 amide bonds. The summed E-state index contributed by atoms with van der Waals surface area (Å²) in [7, 11) is 3.12. The lowest BCUT2D eigenvalue weighted by atomic mass is 9.95. The lowest BCUT2D eigenvalue weighted by molar-refractivity contribution is 0.0157. The number of hydrogen-bond donors (Lipinski definition) is 2. The highest BCUT2D eigenvalue weighted by molar-refractivity contribution is 5.41. The standard InChI is InChI=1S/C18H22O4/c1-11-5-6-16(22-4)15(9-11)18(20)17(19)13-7-12(2)8-14(10-13)21-3/h5-10,17-20H,1-4H3/t17-,18-/m1/s1. The van der Waals surface area contributed by atoms with Gasteiger partial charge in [-0.2, -0.15) is 0 Å². The van der Waals surface area contributed by atoms with Gasteiger partial charge in [0.1, 0.15) is 23.7 Å². The molecule has 0 aromatic heterocycles. The summed E-state index contributed by atoms with van der Waals surface area (Å²) in [5.41, 5.74) is 3.11. The zero-order chi connectivity index (χ0) is 16.3. The minimum atomic E-state index is -1.08. The van der Waals surface area contributed by atoms with E-state index in [1.54, 1.807) is 26.4 Å². The number of rotatable bonds is 5. The maximum Gasteiger partial charge on any atom is 0.124 e. The van der Waals surface area contributed by atoms with Gasteiger partial charge in [0.15, 0.2) is 0 Å². The Hall–Kier alpha value is -2.04. The molecule has 2 N–H and O–H groups in total. The monoisotopic (exact) mass is 302 g/mol. The van der Waals surface area contributed by atoms with E-state index in [0.29, 0.717) is 22.6 Å². The first kappa shape index (κ1) is 16.3. The molecule has 0 saturated carbocycles. The van der Waals surface area contributed by atoms with E-state index in [2.05, 4.69) is 0 Å². The third kappa shape index (κ3) is 3.40. The van der Waals surface area contributed by atoms with Gasteiger partial charge >= 0.3 is 0 Å². The normalized spacial score (nSPS) is 13.5. The quantitative estimate of drug-likeness (QED) is 0.891. The molecule has 0 spiro atoms. The molecule has 0 radical (unpaired) electrons. The molecule has 0 unspecified atom stereocenters. The lowest BCUT2D eigenvalue weighted by Gasteiger charge is -2.22. The highest BCUT2D eigenvalue weighted by Crippen LogP contribution is 2.36. The van der Waals surface area contributed by atoms with E-state index in [-0.39, 0.29) is 0 Å². The van der Waals surface area contributed by atoms with Crippen molar-refractivity contribution in [1.82, 2.24) is 0 Å². The van der Waals surface area contributed by atoms with Gasteiger partial charge in [-0.3, -0.25) is 0 Å². The molecule has 22 heavy (non-hydrogen) atoms. The van der Waals surface area contributed by atoms with Crippen molar-refractivity contribution in [1.29, 1.82) is 0 Å². The summed E-state index contributed by atoms with van der Waals surface area (Å²) in [6.45, 7) is 3.84. The Labute approximate surface area is 130 Å². The predicted octanol–water partition coefficient (Wildman–Crippen LogP) is 3.09. The van der Waals surface area contributed by atoms with Gasteiger partial charge in [-0.05, 0) is 49.2 Å². The highest BCUT2D eigenvalue weighted by Gasteiger charge is 2.24. The number of aliphatic hydroxyl groups is 2. The van der Waals surface area contributed by atoms with Crippen LogP contribution in [0, 0.1) is 13.8 Å². The van der Waals surface area contributed by atoms with Gasteiger partial charge in [0.2, 0.25) is 0 Å². The smallest absolute Gasteiger partial charge is 0.124 e. The molecule has 0 aliphatic carbocycles. The van der Waals surface area contributed by atoms with E-state index in [0.717, 1.165) is 11.1 Å². The molecule has 0 heterocycles. The Morgan fingerprint density at radius 3 is 2.18 bits per heavy atom. The summed E-state index contributed by atoms with van der Waals surface area (Å²) in [4.78, 5) is 0. The minimum Gasteiger partial charge on any atom is -0.497 e. The summed E-state index contributed by atoms with van der Waals surface area (Å²) in [6, 6.07) is 10.9. The van der Waals surface area contributed by atoms with Gasteiger partial charge in [0.25, 0.3) is 0 Å². The van der Waals surface area contributed by atoms with Crippen LogP contribution in [0.2, 0.25) is 0 Å². The number of aliphatic hydroxyl groups excluding tert-OH is 2. The van der Waals surface area contributed by atoms with Crippen LogP contribution in [0.15, 0.2) is 36.4 Å². The zero-order valence-electron chi connectivity index (χ0n) is 13.3. The van der Waals surface area contributed by atoms with Crippen molar-refractivity contribution < 1.29 is 19.7 Å². The van der Waals surface area contributed by atoms with Gasteiger partial charge < -0.3 is 19.7 Å². The van der Waals surface area contributed by atoms with Crippen LogP contribution in [0.25, 0.3) is 0 Å². The fraction of sp³-hybridized carbons (Fsp3) is 0.333. The Kier molecular flexibility index (Phi) is 5.06. The van der Waals surface area contributed by atoms with Crippen molar-refractivity contribution in [2.24, 2.45) is 0 Å². The summed E-state index contributed by atoms with van der Waals surface area (Å²) < 4.78 is 10.5. The third-order valence-corrected chi connectivity index (χ3v) is 3.65. The van der Waals surface area contributed by atoms with E-state index in [1.807, 2.05) is 38.1 Å². The molecule has 4 heteroatoms. The zero-order valence-corrected chi connectivity index (χ0v) is 13.3. The topological polar surface area (TPSA) is 58.9 Å². The molecule has 2 aromatic carbocycles. The van der Waals surface area contributed by atoms with Gasteiger partial charge in [0, 0.05) is 5.56 Å². The Morgan fingerprint density at radius 1 is 0.818 bits per heavy atom. The van der Waals surface area contributed by atoms with Crippen LogP contribution in [0.1, 0.15) is 34.5 Å². The van der Waals surface area contributed by atoms with E-state index < -0.39 is 12.2 Å². The molecule has 0 aliphatic heterocycles. The van der Waals surface area contributed by atoms with Crippen LogP contribution < -0.4 is 9.47 Å². The third-order valence-electron chi connectivity index (χ3n) is 3.65. The molecule has 0 aliphatic rings. The van der Waals surface area contributed by atoms with Crippen LogP contribution in [-0.4, -0.2) is 24.4 Å². The second-order valence-corrected chi connectivity index (χ2v) is 5.42. The summed E-state index contributed by atoms with van der Waals surface area (Å²) in [5.74, 6) is 1.20. The molecule has 4 nitrogen and oxygen atoms in total. The number of benzene rings is 2. The predicted molar refractivity (Wildman–Crippen MR) is 85.4 cm³/mol. The average Bonchev–Trinajstić information content (AvgIpc) is 2.52. The Morgan fingerprint density at radius 2 is 1.55 bits per heavy atom. The molecule has 2 rings (SSSR count). The highest BCUT2D eigenvalue weighted by atomic mass is 16.5. The molecule has 2 aromatic rings. The van der Waals surface area contributed by atoms with E-state index in [1.165, 1.54) is 0 Å². The first-order valence-corrected chi connectivity index (χ1v) is 7.12. The van der Waals surface area contributed by atoms with Gasteiger partial charge in [-0.1, -0.05) is 17.7 Å². The molecule has 0 saturated heterocycles. The van der Waals surface area contributed by atoms with Gasteiger partial charge in [-0.25, -0.2) is 0 Å². The molecule has 0 bridgehead atoms. The van der Waals surface area contributed by atoms with Gasteiger partial charge in [-0.15, -0.1) is 0 Å². The van der Waals surface area contributed by atoms with Crippen LogP contribution in [0.4, 0.5) is 0 Å². The Balaban J connectivity index is 2.38. The lowest BCUT2D eigenvalue weighted by Crippen LogP contribution is -2.12. The van der Waals surface area contributed by atoms with E-state index >= 15 is 0 Å². The Bertz CT molecular complexity index is 652. The second-order valence-electron chi connectivity index (χ2n) is 5.42. The number of ether oxygens (including phenoxy) is 2. The van der Waals surface area contributed by atoms with Crippen molar-refractivity contribution in [3.63, 3.8) is 0 Å². The first-order valence-electron chi connectivity index (χ1n) is 7.12. The molecule has 0 fully saturated rings. The van der Waals surface area contributed by atoms with E-state index in [4.69, 9.17) is 9.47 Å². The van der Waals surface area contributed by atoms with Crippen LogP contribution in [-0.2, 0) is 0 Å². The van der Waals surface area contributed by atoms with Crippen molar-refractivity contribution >= 4 is 0 Å². The largest absolute Gasteiger partial charge is 0.497 e. The van der Waals surface area contributed by atoms with Crippen molar-refractivity contribution in [3.8, 4) is 11.5 Å². The molecule has 2 atom stereocenters. The molecular formula is C18H22O4. The molecular weight excluding hydrogens is 280 g/mol. The minimum absolute atomic E-state index is 0.553. The average molecular weight is 302 g/mol. The van der Waals surface area contributed by atoms with Crippen molar-refractivity contribution in [3.05, 3.63) is 58.7 Å².